The van der Waals surface area contributed by atoms with Gasteiger partial charge in [0.05, 0.1) is 0 Å². The fraction of sp³-hybridized carbons (Fsp3) is 0.333. The summed E-state index contributed by atoms with van der Waals surface area (Å²) in [6, 6.07) is 6.78. The molecule has 1 aromatic rings. The molecule has 13 heavy (non-hydrogen) atoms. The highest BCUT2D eigenvalue weighted by atomic mass is 79.9. The van der Waals surface area contributed by atoms with Gasteiger partial charge in [0.1, 0.15) is 0 Å². The molecule has 1 heteroatoms. The highest BCUT2D eigenvalue weighted by molar-refractivity contribution is 9.09. The molecule has 1 aliphatic carbocycles. The summed E-state index contributed by atoms with van der Waals surface area (Å²) in [6.45, 7) is 0. The van der Waals surface area contributed by atoms with Gasteiger partial charge in [0.25, 0.3) is 0 Å². The first kappa shape index (κ1) is 9.01. The Morgan fingerprint density at radius 2 is 2.08 bits per heavy atom. The predicted octanol–water partition coefficient (Wildman–Crippen LogP) is 3.58. The van der Waals surface area contributed by atoms with Crippen molar-refractivity contribution in [2.24, 2.45) is 0 Å². The lowest BCUT2D eigenvalue weighted by atomic mass is 9.87. The number of allylic oxidation sites excluding steroid dienone is 1. The molecule has 0 radical (unpaired) electrons. The fourth-order valence-electron chi connectivity index (χ4n) is 1.60. The van der Waals surface area contributed by atoms with Crippen molar-refractivity contribution in [1.82, 2.24) is 0 Å². The van der Waals surface area contributed by atoms with Crippen LogP contribution in [0.2, 0.25) is 0 Å². The van der Waals surface area contributed by atoms with Crippen molar-refractivity contribution in [3.05, 3.63) is 41.0 Å². The minimum atomic E-state index is 1.05. The first-order chi connectivity index (χ1) is 6.40. The molecule has 1 aliphatic rings. The van der Waals surface area contributed by atoms with Gasteiger partial charge < -0.3 is 0 Å². The van der Waals surface area contributed by atoms with Crippen LogP contribution in [0.3, 0.4) is 0 Å². The molecular formula is C12H13Br. The highest BCUT2D eigenvalue weighted by Crippen LogP contribution is 2.24. The largest absolute Gasteiger partial charge is 0.0925 e. The number of benzene rings is 1. The third-order valence-corrected chi connectivity index (χ3v) is 2.94. The standard InChI is InChI=1S/C12H13Br/c13-8-2-1-3-10-4-5-11-6-7-12(11)9-10/h1,3-5,9H,2,6-8H2. The van der Waals surface area contributed by atoms with Gasteiger partial charge in [0, 0.05) is 5.33 Å². The van der Waals surface area contributed by atoms with Gasteiger partial charge in [-0.05, 0) is 36.0 Å². The summed E-state index contributed by atoms with van der Waals surface area (Å²) in [6.07, 6.45) is 8.09. The maximum atomic E-state index is 3.41. The van der Waals surface area contributed by atoms with Crippen LogP contribution in [0.15, 0.2) is 24.3 Å². The number of hydrogen-bond donors (Lipinski definition) is 0. The molecular weight excluding hydrogens is 224 g/mol. The van der Waals surface area contributed by atoms with E-state index in [0.29, 0.717) is 0 Å². The third-order valence-electron chi connectivity index (χ3n) is 2.48. The van der Waals surface area contributed by atoms with Crippen LogP contribution >= 0.6 is 15.9 Å². The number of rotatable bonds is 3. The van der Waals surface area contributed by atoms with E-state index in [1.807, 2.05) is 0 Å². The van der Waals surface area contributed by atoms with Gasteiger partial charge in [-0.3, -0.25) is 0 Å². The lowest BCUT2D eigenvalue weighted by Crippen LogP contribution is -2.07. The van der Waals surface area contributed by atoms with Crippen LogP contribution in [0.1, 0.15) is 23.1 Å². The Hall–Kier alpha value is -0.560. The summed E-state index contributed by atoms with van der Waals surface area (Å²) in [5.41, 5.74) is 4.43. The Balaban J connectivity index is 2.09. The molecule has 0 atom stereocenters. The highest BCUT2D eigenvalue weighted by Gasteiger charge is 2.11. The van der Waals surface area contributed by atoms with Crippen molar-refractivity contribution >= 4 is 22.0 Å². The minimum Gasteiger partial charge on any atom is -0.0925 e. The van der Waals surface area contributed by atoms with Gasteiger partial charge >= 0.3 is 0 Å². The molecule has 0 fully saturated rings. The molecule has 68 valence electrons. The quantitative estimate of drug-likeness (QED) is 0.705. The monoisotopic (exact) mass is 236 g/mol. The van der Waals surface area contributed by atoms with E-state index in [1.165, 1.54) is 24.0 Å². The second kappa shape index (κ2) is 4.10. The summed E-state index contributed by atoms with van der Waals surface area (Å²) >= 11 is 3.41. The second-order valence-electron chi connectivity index (χ2n) is 3.41. The van der Waals surface area contributed by atoms with E-state index in [1.54, 1.807) is 5.56 Å². The Morgan fingerprint density at radius 1 is 1.23 bits per heavy atom. The van der Waals surface area contributed by atoms with Gasteiger partial charge in [-0.2, -0.15) is 0 Å². The molecule has 0 amide bonds. The SMILES string of the molecule is BrCCC=Cc1ccc2c(c1)CC2. The van der Waals surface area contributed by atoms with Crippen molar-refractivity contribution < 1.29 is 0 Å². The molecule has 0 unspecified atom stereocenters. The van der Waals surface area contributed by atoms with Crippen LogP contribution in [-0.2, 0) is 12.8 Å². The van der Waals surface area contributed by atoms with E-state index >= 15 is 0 Å². The second-order valence-corrected chi connectivity index (χ2v) is 4.20. The van der Waals surface area contributed by atoms with Gasteiger partial charge in [-0.15, -0.1) is 0 Å². The van der Waals surface area contributed by atoms with Gasteiger partial charge in [-0.1, -0.05) is 46.3 Å². The summed E-state index contributed by atoms with van der Waals surface area (Å²) in [5.74, 6) is 0. The maximum Gasteiger partial charge on any atom is 0.00660 e. The van der Waals surface area contributed by atoms with Crippen LogP contribution in [0, 0.1) is 0 Å². The zero-order valence-electron chi connectivity index (χ0n) is 7.59. The number of alkyl halides is 1. The summed E-state index contributed by atoms with van der Waals surface area (Å²) in [4.78, 5) is 0. The summed E-state index contributed by atoms with van der Waals surface area (Å²) in [5, 5.41) is 1.05. The van der Waals surface area contributed by atoms with Crippen LogP contribution in [0.4, 0.5) is 0 Å². The van der Waals surface area contributed by atoms with Crippen LogP contribution < -0.4 is 0 Å². The third kappa shape index (κ3) is 2.02. The molecule has 0 N–H and O–H groups in total. The average molecular weight is 237 g/mol. The van der Waals surface area contributed by atoms with Crippen LogP contribution in [0.5, 0.6) is 0 Å². The number of hydrogen-bond acceptors (Lipinski definition) is 0. The average Bonchev–Trinajstić information content (AvgIpc) is 2.10. The zero-order valence-corrected chi connectivity index (χ0v) is 9.18. The molecule has 0 bridgehead atoms. The topological polar surface area (TPSA) is 0 Å². The molecule has 0 nitrogen and oxygen atoms in total. The lowest BCUT2D eigenvalue weighted by molar-refractivity contribution is 0.839. The van der Waals surface area contributed by atoms with Gasteiger partial charge in [-0.25, -0.2) is 0 Å². The molecule has 0 aromatic heterocycles. The molecule has 0 saturated carbocycles. The van der Waals surface area contributed by atoms with E-state index in [2.05, 4.69) is 46.3 Å². The number of halogens is 1. The number of aryl methyl sites for hydroxylation is 2. The van der Waals surface area contributed by atoms with E-state index in [4.69, 9.17) is 0 Å². The van der Waals surface area contributed by atoms with Gasteiger partial charge in [0.15, 0.2) is 0 Å². The Bertz CT molecular complexity index is 326. The van der Waals surface area contributed by atoms with Crippen LogP contribution in [-0.4, -0.2) is 5.33 Å². The van der Waals surface area contributed by atoms with Crippen LogP contribution in [0.25, 0.3) is 6.08 Å². The molecule has 0 heterocycles. The van der Waals surface area contributed by atoms with E-state index in [-0.39, 0.29) is 0 Å². The fourth-order valence-corrected chi connectivity index (χ4v) is 1.87. The lowest BCUT2D eigenvalue weighted by Gasteiger charge is -2.18. The number of fused-ring (bicyclic) bond motifs is 1. The Kier molecular flexibility index (Phi) is 2.84. The predicted molar refractivity (Wildman–Crippen MR) is 61.3 cm³/mol. The molecule has 2 rings (SSSR count). The minimum absolute atomic E-state index is 1.05. The van der Waals surface area contributed by atoms with Crippen molar-refractivity contribution in [2.45, 2.75) is 19.3 Å². The molecule has 0 aliphatic heterocycles. The Labute approximate surface area is 87.8 Å². The van der Waals surface area contributed by atoms with Crippen molar-refractivity contribution in [1.29, 1.82) is 0 Å². The summed E-state index contributed by atoms with van der Waals surface area (Å²) in [7, 11) is 0. The Morgan fingerprint density at radius 3 is 2.69 bits per heavy atom. The first-order valence-corrected chi connectivity index (χ1v) is 5.86. The molecule has 1 aromatic carbocycles. The van der Waals surface area contributed by atoms with Crippen molar-refractivity contribution in [3.63, 3.8) is 0 Å². The van der Waals surface area contributed by atoms with Crippen molar-refractivity contribution in [2.75, 3.05) is 5.33 Å². The van der Waals surface area contributed by atoms with E-state index < -0.39 is 0 Å². The zero-order chi connectivity index (χ0) is 9.10. The smallest absolute Gasteiger partial charge is 0.00660 e. The molecule has 0 saturated heterocycles. The van der Waals surface area contributed by atoms with Crippen molar-refractivity contribution in [3.8, 4) is 0 Å². The van der Waals surface area contributed by atoms with Gasteiger partial charge in [0.2, 0.25) is 0 Å². The molecule has 0 spiro atoms. The summed E-state index contributed by atoms with van der Waals surface area (Å²) < 4.78 is 0. The first-order valence-electron chi connectivity index (χ1n) is 4.74. The van der Waals surface area contributed by atoms with E-state index in [9.17, 15) is 0 Å². The normalized spacial score (nSPS) is 14.2. The van der Waals surface area contributed by atoms with E-state index in [0.717, 1.165) is 11.8 Å². The maximum absolute atomic E-state index is 3.41.